The molecule has 0 aromatic heterocycles. The molecule has 0 aromatic rings. The third-order valence-electron chi connectivity index (χ3n) is 4.60. The zero-order valence-corrected chi connectivity index (χ0v) is 10.7. The lowest BCUT2D eigenvalue weighted by Crippen LogP contribution is -2.37. The van der Waals surface area contributed by atoms with Gasteiger partial charge in [0.2, 0.25) is 0 Å². The van der Waals surface area contributed by atoms with E-state index in [9.17, 15) is 5.11 Å². The SMILES string of the molecule is C=C1CC[C@H](C(C)C)[C@H]2C=C(C)[C@@H](O)C[C@H]12. The normalized spacial score (nSPS) is 39.6. The lowest BCUT2D eigenvalue weighted by atomic mass is 9.62. The van der Waals surface area contributed by atoms with Crippen molar-refractivity contribution < 1.29 is 5.11 Å². The van der Waals surface area contributed by atoms with Crippen molar-refractivity contribution in [1.29, 1.82) is 0 Å². The van der Waals surface area contributed by atoms with Crippen molar-refractivity contribution >= 4 is 0 Å². The molecule has 2 aliphatic carbocycles. The summed E-state index contributed by atoms with van der Waals surface area (Å²) in [6, 6.07) is 0. The third-order valence-corrected chi connectivity index (χ3v) is 4.60. The molecule has 1 saturated carbocycles. The number of aliphatic hydroxyl groups is 1. The van der Waals surface area contributed by atoms with Gasteiger partial charge in [-0.25, -0.2) is 0 Å². The Kier molecular flexibility index (Phi) is 3.25. The summed E-state index contributed by atoms with van der Waals surface area (Å²) in [7, 11) is 0. The quantitative estimate of drug-likeness (QED) is 0.670. The molecular formula is C15H24O. The van der Waals surface area contributed by atoms with Gasteiger partial charge in [-0.1, -0.05) is 32.1 Å². The molecule has 0 radical (unpaired) electrons. The highest BCUT2D eigenvalue weighted by molar-refractivity contribution is 5.22. The van der Waals surface area contributed by atoms with E-state index in [1.807, 2.05) is 0 Å². The summed E-state index contributed by atoms with van der Waals surface area (Å²) in [6.07, 6.45) is 5.42. The van der Waals surface area contributed by atoms with Gasteiger partial charge in [0, 0.05) is 0 Å². The molecule has 0 saturated heterocycles. The van der Waals surface area contributed by atoms with Crippen LogP contribution < -0.4 is 0 Å². The van der Waals surface area contributed by atoms with E-state index in [-0.39, 0.29) is 6.10 Å². The molecule has 1 N–H and O–H groups in total. The molecule has 0 heterocycles. The fourth-order valence-corrected chi connectivity index (χ4v) is 3.48. The second-order valence-corrected chi connectivity index (χ2v) is 5.95. The number of hydrogen-bond donors (Lipinski definition) is 1. The van der Waals surface area contributed by atoms with Crippen LogP contribution in [-0.2, 0) is 0 Å². The number of hydrogen-bond acceptors (Lipinski definition) is 1. The Labute approximate surface area is 99.3 Å². The lowest BCUT2D eigenvalue weighted by Gasteiger charge is -2.44. The minimum atomic E-state index is -0.232. The first kappa shape index (κ1) is 11.9. The standard InChI is InChI=1S/C15H24O/c1-9(2)12-6-5-10(3)13-8-15(16)11(4)7-14(12)13/h7,9,12-16H,3,5-6,8H2,1-2,4H3/t12-,13-,14-,15+/m1/s1. The molecule has 0 bridgehead atoms. The number of rotatable bonds is 1. The van der Waals surface area contributed by atoms with E-state index in [2.05, 4.69) is 33.4 Å². The van der Waals surface area contributed by atoms with Crippen LogP contribution in [0.25, 0.3) is 0 Å². The van der Waals surface area contributed by atoms with Gasteiger partial charge < -0.3 is 5.11 Å². The van der Waals surface area contributed by atoms with Gasteiger partial charge in [0.1, 0.15) is 0 Å². The van der Waals surface area contributed by atoms with Gasteiger partial charge in [-0.3, -0.25) is 0 Å². The minimum Gasteiger partial charge on any atom is -0.389 e. The van der Waals surface area contributed by atoms with Gasteiger partial charge in [-0.15, -0.1) is 0 Å². The van der Waals surface area contributed by atoms with E-state index in [4.69, 9.17) is 0 Å². The average molecular weight is 220 g/mol. The van der Waals surface area contributed by atoms with Gasteiger partial charge in [-0.05, 0) is 55.4 Å². The van der Waals surface area contributed by atoms with Gasteiger partial charge >= 0.3 is 0 Å². The number of allylic oxidation sites excluding steroid dienone is 2. The first-order chi connectivity index (χ1) is 7.50. The zero-order chi connectivity index (χ0) is 11.9. The molecule has 0 aliphatic heterocycles. The van der Waals surface area contributed by atoms with Gasteiger partial charge in [0.15, 0.2) is 0 Å². The highest BCUT2D eigenvalue weighted by Crippen LogP contribution is 2.47. The summed E-state index contributed by atoms with van der Waals surface area (Å²) in [4.78, 5) is 0. The van der Waals surface area contributed by atoms with Gasteiger partial charge in [-0.2, -0.15) is 0 Å². The summed E-state index contributed by atoms with van der Waals surface area (Å²) in [5.74, 6) is 2.67. The van der Waals surface area contributed by atoms with E-state index in [0.29, 0.717) is 11.8 Å². The average Bonchev–Trinajstić information content (AvgIpc) is 2.21. The van der Waals surface area contributed by atoms with Crippen LogP contribution in [0.5, 0.6) is 0 Å². The van der Waals surface area contributed by atoms with Crippen LogP contribution >= 0.6 is 0 Å². The van der Waals surface area contributed by atoms with Crippen molar-refractivity contribution in [2.24, 2.45) is 23.7 Å². The van der Waals surface area contributed by atoms with E-state index >= 15 is 0 Å². The van der Waals surface area contributed by atoms with Crippen LogP contribution in [-0.4, -0.2) is 11.2 Å². The molecule has 4 atom stereocenters. The van der Waals surface area contributed by atoms with E-state index in [0.717, 1.165) is 24.7 Å². The molecule has 0 unspecified atom stereocenters. The molecular weight excluding hydrogens is 196 g/mol. The van der Waals surface area contributed by atoms with Crippen molar-refractivity contribution in [1.82, 2.24) is 0 Å². The van der Waals surface area contributed by atoms with Crippen molar-refractivity contribution in [3.8, 4) is 0 Å². The Morgan fingerprint density at radius 3 is 2.75 bits per heavy atom. The third kappa shape index (κ3) is 1.98. The second kappa shape index (κ2) is 4.37. The zero-order valence-electron chi connectivity index (χ0n) is 10.7. The second-order valence-electron chi connectivity index (χ2n) is 5.95. The van der Waals surface area contributed by atoms with Crippen molar-refractivity contribution in [2.75, 3.05) is 0 Å². The largest absolute Gasteiger partial charge is 0.389 e. The van der Waals surface area contributed by atoms with Gasteiger partial charge in [0.05, 0.1) is 6.10 Å². The van der Waals surface area contributed by atoms with Gasteiger partial charge in [0.25, 0.3) is 0 Å². The summed E-state index contributed by atoms with van der Waals surface area (Å²) >= 11 is 0. The fourth-order valence-electron chi connectivity index (χ4n) is 3.48. The summed E-state index contributed by atoms with van der Waals surface area (Å²) in [5.41, 5.74) is 2.53. The Balaban J connectivity index is 2.28. The minimum absolute atomic E-state index is 0.232. The fraction of sp³-hybridized carbons (Fsp3) is 0.733. The molecule has 0 amide bonds. The highest BCUT2D eigenvalue weighted by atomic mass is 16.3. The predicted molar refractivity (Wildman–Crippen MR) is 68.1 cm³/mol. The smallest absolute Gasteiger partial charge is 0.0753 e. The number of aliphatic hydroxyl groups excluding tert-OH is 1. The van der Waals surface area contributed by atoms with E-state index < -0.39 is 0 Å². The molecule has 0 spiro atoms. The molecule has 1 nitrogen and oxygen atoms in total. The van der Waals surface area contributed by atoms with Crippen LogP contribution in [0.15, 0.2) is 23.8 Å². The predicted octanol–water partition coefficient (Wildman–Crippen LogP) is 3.55. The van der Waals surface area contributed by atoms with Crippen molar-refractivity contribution in [2.45, 2.75) is 46.1 Å². The topological polar surface area (TPSA) is 20.2 Å². The molecule has 1 fully saturated rings. The van der Waals surface area contributed by atoms with Crippen LogP contribution in [0.4, 0.5) is 0 Å². The highest BCUT2D eigenvalue weighted by Gasteiger charge is 2.39. The number of fused-ring (bicyclic) bond motifs is 1. The molecule has 2 rings (SSSR count). The molecule has 2 aliphatic rings. The van der Waals surface area contributed by atoms with Crippen LogP contribution in [0.2, 0.25) is 0 Å². The molecule has 1 heteroatoms. The first-order valence-electron chi connectivity index (χ1n) is 6.54. The van der Waals surface area contributed by atoms with Crippen LogP contribution in [0.3, 0.4) is 0 Å². The Morgan fingerprint density at radius 2 is 2.12 bits per heavy atom. The first-order valence-corrected chi connectivity index (χ1v) is 6.54. The molecule has 16 heavy (non-hydrogen) atoms. The summed E-state index contributed by atoms with van der Waals surface area (Å²) in [5, 5.41) is 9.95. The van der Waals surface area contributed by atoms with Crippen molar-refractivity contribution in [3.05, 3.63) is 23.8 Å². The maximum atomic E-state index is 9.95. The summed E-state index contributed by atoms with van der Waals surface area (Å²) in [6.45, 7) is 10.9. The molecule has 90 valence electrons. The maximum absolute atomic E-state index is 9.95. The Hall–Kier alpha value is -0.560. The maximum Gasteiger partial charge on any atom is 0.0753 e. The Morgan fingerprint density at radius 1 is 1.44 bits per heavy atom. The molecule has 0 aromatic carbocycles. The van der Waals surface area contributed by atoms with Crippen LogP contribution in [0, 0.1) is 23.7 Å². The van der Waals surface area contributed by atoms with E-state index in [1.54, 1.807) is 0 Å². The summed E-state index contributed by atoms with van der Waals surface area (Å²) < 4.78 is 0. The monoisotopic (exact) mass is 220 g/mol. The van der Waals surface area contributed by atoms with Crippen LogP contribution in [0.1, 0.15) is 40.0 Å². The van der Waals surface area contributed by atoms with Crippen molar-refractivity contribution in [3.63, 3.8) is 0 Å². The lowest BCUT2D eigenvalue weighted by molar-refractivity contribution is 0.110. The van der Waals surface area contributed by atoms with E-state index in [1.165, 1.54) is 17.6 Å². The Bertz CT molecular complexity index is 313.